The number of hydrogen-bond acceptors (Lipinski definition) is 5. The van der Waals surface area contributed by atoms with Crippen molar-refractivity contribution in [3.63, 3.8) is 0 Å². The van der Waals surface area contributed by atoms with Crippen molar-refractivity contribution in [2.24, 2.45) is 5.92 Å². The quantitative estimate of drug-likeness (QED) is 0.715. The normalized spacial score (nSPS) is 14.9. The SMILES string of the molecule is COc1ccc(CNC(=O)C2CCN(Cc3ccccc3F)CC2)c(OC)c1OC. The van der Waals surface area contributed by atoms with Crippen LogP contribution in [-0.4, -0.2) is 45.2 Å². The summed E-state index contributed by atoms with van der Waals surface area (Å²) in [7, 11) is 4.68. The van der Waals surface area contributed by atoms with E-state index < -0.39 is 0 Å². The molecule has 1 heterocycles. The molecule has 1 saturated heterocycles. The van der Waals surface area contributed by atoms with Crippen molar-refractivity contribution in [3.8, 4) is 17.2 Å². The van der Waals surface area contributed by atoms with Crippen molar-refractivity contribution in [1.82, 2.24) is 10.2 Å². The molecule has 7 heteroatoms. The van der Waals surface area contributed by atoms with Gasteiger partial charge in [-0.25, -0.2) is 4.39 Å². The molecule has 0 unspecified atom stereocenters. The van der Waals surface area contributed by atoms with Crippen LogP contribution in [0.3, 0.4) is 0 Å². The number of methoxy groups -OCH3 is 3. The lowest BCUT2D eigenvalue weighted by Gasteiger charge is -2.31. The molecular formula is C23H29FN2O4. The van der Waals surface area contributed by atoms with Gasteiger partial charge in [-0.2, -0.15) is 0 Å². The van der Waals surface area contributed by atoms with Gasteiger partial charge in [-0.1, -0.05) is 18.2 Å². The van der Waals surface area contributed by atoms with E-state index in [-0.39, 0.29) is 17.6 Å². The van der Waals surface area contributed by atoms with Gasteiger partial charge in [0.2, 0.25) is 11.7 Å². The highest BCUT2D eigenvalue weighted by molar-refractivity contribution is 5.79. The number of piperidine rings is 1. The molecule has 3 rings (SSSR count). The molecule has 1 N–H and O–H groups in total. The first-order valence-electron chi connectivity index (χ1n) is 10.1. The third-order valence-corrected chi connectivity index (χ3v) is 5.55. The van der Waals surface area contributed by atoms with Crippen LogP contribution < -0.4 is 19.5 Å². The fourth-order valence-corrected chi connectivity index (χ4v) is 3.85. The summed E-state index contributed by atoms with van der Waals surface area (Å²) in [6.45, 7) is 2.46. The molecular weight excluding hydrogens is 387 g/mol. The number of nitrogens with zero attached hydrogens (tertiary/aromatic N) is 1. The van der Waals surface area contributed by atoms with Gasteiger partial charge in [0.15, 0.2) is 11.5 Å². The van der Waals surface area contributed by atoms with Crippen LogP contribution >= 0.6 is 0 Å². The lowest BCUT2D eigenvalue weighted by molar-refractivity contribution is -0.126. The minimum atomic E-state index is -0.179. The average Bonchev–Trinajstić information content (AvgIpc) is 2.78. The largest absolute Gasteiger partial charge is 0.493 e. The number of rotatable bonds is 8. The lowest BCUT2D eigenvalue weighted by Crippen LogP contribution is -2.40. The van der Waals surface area contributed by atoms with Crippen LogP contribution in [0.5, 0.6) is 17.2 Å². The number of hydrogen-bond donors (Lipinski definition) is 1. The topological polar surface area (TPSA) is 60.0 Å². The van der Waals surface area contributed by atoms with Gasteiger partial charge in [-0.05, 0) is 44.1 Å². The van der Waals surface area contributed by atoms with Crippen molar-refractivity contribution in [3.05, 3.63) is 53.3 Å². The number of carbonyl (C=O) groups is 1. The van der Waals surface area contributed by atoms with E-state index in [1.807, 2.05) is 18.2 Å². The lowest BCUT2D eigenvalue weighted by atomic mass is 9.95. The van der Waals surface area contributed by atoms with E-state index in [4.69, 9.17) is 14.2 Å². The summed E-state index contributed by atoms with van der Waals surface area (Å²) >= 11 is 0. The molecule has 0 radical (unpaired) electrons. The Kier molecular flexibility index (Phi) is 7.52. The first-order chi connectivity index (χ1) is 14.6. The number of ether oxygens (including phenoxy) is 3. The van der Waals surface area contributed by atoms with Crippen molar-refractivity contribution >= 4 is 5.91 Å². The second-order valence-corrected chi connectivity index (χ2v) is 7.35. The van der Waals surface area contributed by atoms with Crippen LogP contribution in [0.4, 0.5) is 4.39 Å². The number of amides is 1. The van der Waals surface area contributed by atoms with Gasteiger partial charge in [0.1, 0.15) is 5.82 Å². The van der Waals surface area contributed by atoms with E-state index in [1.165, 1.54) is 6.07 Å². The summed E-state index contributed by atoms with van der Waals surface area (Å²) in [6, 6.07) is 10.5. The average molecular weight is 416 g/mol. The van der Waals surface area contributed by atoms with Gasteiger partial charge in [0.25, 0.3) is 0 Å². The molecule has 30 heavy (non-hydrogen) atoms. The molecule has 2 aromatic carbocycles. The van der Waals surface area contributed by atoms with Gasteiger partial charge in [0, 0.05) is 30.1 Å². The van der Waals surface area contributed by atoms with Crippen molar-refractivity contribution in [2.45, 2.75) is 25.9 Å². The predicted molar refractivity (Wildman–Crippen MR) is 112 cm³/mol. The number of halogens is 1. The molecule has 0 bridgehead atoms. The minimum Gasteiger partial charge on any atom is -0.493 e. The smallest absolute Gasteiger partial charge is 0.223 e. The molecule has 1 fully saturated rings. The van der Waals surface area contributed by atoms with E-state index in [0.29, 0.717) is 35.9 Å². The van der Waals surface area contributed by atoms with Crippen LogP contribution in [0.25, 0.3) is 0 Å². The van der Waals surface area contributed by atoms with Crippen LogP contribution in [0.15, 0.2) is 36.4 Å². The zero-order chi connectivity index (χ0) is 21.5. The maximum Gasteiger partial charge on any atom is 0.223 e. The standard InChI is InChI=1S/C23H29FN2O4/c1-28-20-9-8-17(21(29-2)22(20)30-3)14-25-23(27)16-10-12-26(13-11-16)15-18-6-4-5-7-19(18)24/h4-9,16H,10-15H2,1-3H3,(H,25,27). The number of nitrogens with one attached hydrogen (secondary N) is 1. The summed E-state index contributed by atoms with van der Waals surface area (Å²) in [5.41, 5.74) is 1.52. The maximum absolute atomic E-state index is 13.9. The van der Waals surface area contributed by atoms with Gasteiger partial charge >= 0.3 is 0 Å². The van der Waals surface area contributed by atoms with Crippen molar-refractivity contribution in [1.29, 1.82) is 0 Å². The van der Waals surface area contributed by atoms with Gasteiger partial charge in [0.05, 0.1) is 21.3 Å². The molecule has 2 aromatic rings. The first kappa shape index (κ1) is 21.9. The summed E-state index contributed by atoms with van der Waals surface area (Å²) < 4.78 is 30.0. The minimum absolute atomic E-state index is 0.0254. The zero-order valence-corrected chi connectivity index (χ0v) is 17.7. The molecule has 0 aromatic heterocycles. The Bertz CT molecular complexity index is 866. The molecule has 6 nitrogen and oxygen atoms in total. The maximum atomic E-state index is 13.9. The van der Waals surface area contributed by atoms with Crippen LogP contribution in [0.1, 0.15) is 24.0 Å². The zero-order valence-electron chi connectivity index (χ0n) is 17.7. The highest BCUT2D eigenvalue weighted by Gasteiger charge is 2.26. The van der Waals surface area contributed by atoms with E-state index in [9.17, 15) is 9.18 Å². The molecule has 0 spiro atoms. The monoisotopic (exact) mass is 416 g/mol. The third-order valence-electron chi connectivity index (χ3n) is 5.55. The summed E-state index contributed by atoms with van der Waals surface area (Å²) in [5.74, 6) is 1.43. The summed E-state index contributed by atoms with van der Waals surface area (Å²) in [6.07, 6.45) is 1.51. The van der Waals surface area contributed by atoms with Gasteiger partial charge in [-0.15, -0.1) is 0 Å². The van der Waals surface area contributed by atoms with E-state index in [0.717, 1.165) is 31.5 Å². The van der Waals surface area contributed by atoms with Crippen LogP contribution in [-0.2, 0) is 17.9 Å². The molecule has 1 aliphatic rings. The Morgan fingerprint density at radius 3 is 2.33 bits per heavy atom. The fraction of sp³-hybridized carbons (Fsp3) is 0.435. The number of benzene rings is 2. The third kappa shape index (κ3) is 5.02. The van der Waals surface area contributed by atoms with Crippen molar-refractivity contribution < 1.29 is 23.4 Å². The number of carbonyl (C=O) groups excluding carboxylic acids is 1. The molecule has 1 aliphatic heterocycles. The molecule has 0 saturated carbocycles. The van der Waals surface area contributed by atoms with Crippen LogP contribution in [0.2, 0.25) is 0 Å². The van der Waals surface area contributed by atoms with Crippen LogP contribution in [0, 0.1) is 11.7 Å². The molecule has 0 aliphatic carbocycles. The highest BCUT2D eigenvalue weighted by Crippen LogP contribution is 2.39. The van der Waals surface area contributed by atoms with E-state index in [2.05, 4.69) is 10.2 Å². The molecule has 162 valence electrons. The van der Waals surface area contributed by atoms with E-state index in [1.54, 1.807) is 33.5 Å². The Hall–Kier alpha value is -2.80. The van der Waals surface area contributed by atoms with Gasteiger partial charge in [-0.3, -0.25) is 9.69 Å². The Morgan fingerprint density at radius 1 is 1.00 bits per heavy atom. The second kappa shape index (κ2) is 10.3. The summed E-state index contributed by atoms with van der Waals surface area (Å²) in [4.78, 5) is 14.9. The fourth-order valence-electron chi connectivity index (χ4n) is 3.85. The molecule has 0 atom stereocenters. The predicted octanol–water partition coefficient (Wildman–Crippen LogP) is 3.38. The van der Waals surface area contributed by atoms with E-state index >= 15 is 0 Å². The first-order valence-corrected chi connectivity index (χ1v) is 10.1. The van der Waals surface area contributed by atoms with Crippen molar-refractivity contribution in [2.75, 3.05) is 34.4 Å². The Balaban J connectivity index is 1.54. The number of likely N-dealkylation sites (tertiary alicyclic amines) is 1. The molecule has 1 amide bonds. The van der Waals surface area contributed by atoms with Gasteiger partial charge < -0.3 is 19.5 Å². The second-order valence-electron chi connectivity index (χ2n) is 7.35. The highest BCUT2D eigenvalue weighted by atomic mass is 19.1. The Labute approximate surface area is 176 Å². The summed E-state index contributed by atoms with van der Waals surface area (Å²) in [5, 5.41) is 3.01. The Morgan fingerprint density at radius 2 is 1.70 bits per heavy atom.